The zero-order valence-corrected chi connectivity index (χ0v) is 15.2. The largest absolute Gasteiger partial charge is 0.376 e. The van der Waals surface area contributed by atoms with E-state index in [9.17, 15) is 4.79 Å². The summed E-state index contributed by atoms with van der Waals surface area (Å²) in [6.07, 6.45) is 5.58. The third-order valence-corrected chi connectivity index (χ3v) is 5.47. The summed E-state index contributed by atoms with van der Waals surface area (Å²) >= 11 is 1.54. The van der Waals surface area contributed by atoms with Crippen LogP contribution < -0.4 is 4.90 Å². The lowest BCUT2D eigenvalue weighted by Gasteiger charge is -2.21. The molecule has 4 rings (SSSR count). The van der Waals surface area contributed by atoms with Crippen molar-refractivity contribution in [1.82, 2.24) is 4.98 Å². The van der Waals surface area contributed by atoms with Gasteiger partial charge in [0.25, 0.3) is 5.91 Å². The molecule has 1 atom stereocenters. The van der Waals surface area contributed by atoms with Gasteiger partial charge in [-0.25, -0.2) is 4.98 Å². The second-order valence-corrected chi connectivity index (χ2v) is 7.30. The molecule has 132 valence electrons. The van der Waals surface area contributed by atoms with Gasteiger partial charge < -0.3 is 4.74 Å². The average molecular weight is 364 g/mol. The molecule has 0 bridgehead atoms. The van der Waals surface area contributed by atoms with Crippen LogP contribution in [0.3, 0.4) is 0 Å². The monoisotopic (exact) mass is 364 g/mol. The van der Waals surface area contributed by atoms with Crippen LogP contribution in [0.25, 0.3) is 16.3 Å². The molecular formula is C21H20N2O2S. The van der Waals surface area contributed by atoms with Gasteiger partial charge in [-0.2, -0.15) is 0 Å². The molecule has 0 unspecified atom stereocenters. The van der Waals surface area contributed by atoms with Gasteiger partial charge in [0.1, 0.15) is 0 Å². The molecule has 1 amide bonds. The van der Waals surface area contributed by atoms with Crippen LogP contribution >= 0.6 is 11.3 Å². The van der Waals surface area contributed by atoms with E-state index in [1.807, 2.05) is 60.7 Å². The summed E-state index contributed by atoms with van der Waals surface area (Å²) in [6, 6.07) is 17.8. The van der Waals surface area contributed by atoms with Crippen molar-refractivity contribution in [3.05, 3.63) is 66.2 Å². The lowest BCUT2D eigenvalue weighted by Crippen LogP contribution is -2.36. The summed E-state index contributed by atoms with van der Waals surface area (Å²) in [6.45, 7) is 1.31. The highest BCUT2D eigenvalue weighted by atomic mass is 32.1. The van der Waals surface area contributed by atoms with E-state index in [-0.39, 0.29) is 12.0 Å². The molecule has 1 aliphatic heterocycles. The number of hydrogen-bond donors (Lipinski definition) is 0. The second kappa shape index (κ2) is 7.81. The number of thiazole rings is 1. The molecule has 0 aliphatic carbocycles. The molecule has 1 aromatic heterocycles. The molecule has 0 saturated carbocycles. The van der Waals surface area contributed by atoms with Crippen molar-refractivity contribution < 1.29 is 9.53 Å². The maximum atomic E-state index is 12.9. The lowest BCUT2D eigenvalue weighted by atomic mass is 10.2. The maximum Gasteiger partial charge on any atom is 0.252 e. The average Bonchev–Trinajstić information content (AvgIpc) is 3.34. The van der Waals surface area contributed by atoms with Gasteiger partial charge in [-0.1, -0.05) is 53.8 Å². The number of amides is 1. The Morgan fingerprint density at radius 2 is 2.00 bits per heavy atom. The van der Waals surface area contributed by atoms with Crippen LogP contribution in [0.2, 0.25) is 0 Å². The predicted molar refractivity (Wildman–Crippen MR) is 106 cm³/mol. The van der Waals surface area contributed by atoms with E-state index in [0.29, 0.717) is 6.54 Å². The number of nitrogens with zero attached hydrogens (tertiary/aromatic N) is 2. The summed E-state index contributed by atoms with van der Waals surface area (Å²) < 4.78 is 6.83. The van der Waals surface area contributed by atoms with E-state index in [1.165, 1.54) is 0 Å². The topological polar surface area (TPSA) is 42.4 Å². The van der Waals surface area contributed by atoms with Crippen LogP contribution in [-0.4, -0.2) is 30.1 Å². The van der Waals surface area contributed by atoms with E-state index in [1.54, 1.807) is 22.3 Å². The third kappa shape index (κ3) is 3.84. The summed E-state index contributed by atoms with van der Waals surface area (Å²) in [4.78, 5) is 19.3. The quantitative estimate of drug-likeness (QED) is 0.625. The predicted octanol–water partition coefficient (Wildman–Crippen LogP) is 4.52. The minimum Gasteiger partial charge on any atom is -0.376 e. The number of benzene rings is 2. The minimum absolute atomic E-state index is 0.0663. The molecule has 4 nitrogen and oxygen atoms in total. The molecule has 0 spiro atoms. The Hall–Kier alpha value is -2.50. The van der Waals surface area contributed by atoms with Gasteiger partial charge >= 0.3 is 0 Å². The minimum atomic E-state index is -0.0663. The summed E-state index contributed by atoms with van der Waals surface area (Å²) in [5.74, 6) is -0.0663. The molecule has 1 fully saturated rings. The van der Waals surface area contributed by atoms with Gasteiger partial charge in [-0.15, -0.1) is 0 Å². The second-order valence-electron chi connectivity index (χ2n) is 6.29. The van der Waals surface area contributed by atoms with Gasteiger partial charge in [-0.3, -0.25) is 9.69 Å². The fourth-order valence-corrected chi connectivity index (χ4v) is 4.03. The first kappa shape index (κ1) is 16.9. The molecular weight excluding hydrogens is 344 g/mol. The van der Waals surface area contributed by atoms with E-state index >= 15 is 0 Å². The SMILES string of the molecule is O=C(/C=C/c1ccccc1)N(C[C@H]1CCCO1)c1nc2ccccc2s1. The van der Waals surface area contributed by atoms with Crippen LogP contribution in [0.4, 0.5) is 5.13 Å². The molecule has 1 saturated heterocycles. The Bertz CT molecular complexity index is 881. The highest BCUT2D eigenvalue weighted by Crippen LogP contribution is 2.30. The summed E-state index contributed by atoms with van der Waals surface area (Å²) in [5, 5.41) is 0.726. The van der Waals surface area contributed by atoms with Crippen molar-refractivity contribution in [3.63, 3.8) is 0 Å². The Balaban J connectivity index is 1.61. The highest BCUT2D eigenvalue weighted by molar-refractivity contribution is 7.22. The van der Waals surface area contributed by atoms with Crippen molar-refractivity contribution >= 4 is 38.7 Å². The van der Waals surface area contributed by atoms with Crippen LogP contribution in [0.1, 0.15) is 18.4 Å². The lowest BCUT2D eigenvalue weighted by molar-refractivity contribution is -0.114. The van der Waals surface area contributed by atoms with E-state index in [4.69, 9.17) is 4.74 Å². The van der Waals surface area contributed by atoms with E-state index < -0.39 is 0 Å². The normalized spacial score (nSPS) is 17.2. The molecule has 26 heavy (non-hydrogen) atoms. The first-order valence-electron chi connectivity index (χ1n) is 8.81. The Labute approximate surface area is 156 Å². The number of ether oxygens (including phenoxy) is 1. The van der Waals surface area contributed by atoms with Gasteiger partial charge in [0, 0.05) is 12.7 Å². The Morgan fingerprint density at radius 3 is 2.77 bits per heavy atom. The van der Waals surface area contributed by atoms with E-state index in [2.05, 4.69) is 4.98 Å². The zero-order chi connectivity index (χ0) is 17.8. The smallest absolute Gasteiger partial charge is 0.252 e. The molecule has 0 N–H and O–H groups in total. The summed E-state index contributed by atoms with van der Waals surface area (Å²) in [5.41, 5.74) is 1.92. The van der Waals surface area contributed by atoms with Crippen LogP contribution in [0, 0.1) is 0 Å². The van der Waals surface area contributed by atoms with Crippen LogP contribution in [0.15, 0.2) is 60.7 Å². The third-order valence-electron chi connectivity index (χ3n) is 4.41. The van der Waals surface area contributed by atoms with Gasteiger partial charge in [0.15, 0.2) is 5.13 Å². The number of carbonyl (C=O) groups excluding carboxylic acids is 1. The number of hydrogen-bond acceptors (Lipinski definition) is 4. The first-order chi connectivity index (χ1) is 12.8. The number of para-hydroxylation sites is 1. The van der Waals surface area contributed by atoms with Crippen LogP contribution in [-0.2, 0) is 9.53 Å². The van der Waals surface area contributed by atoms with Crippen molar-refractivity contribution in [2.75, 3.05) is 18.1 Å². The standard InChI is InChI=1S/C21H20N2O2S/c24-20(13-12-16-7-2-1-3-8-16)23(15-17-9-6-14-25-17)21-22-18-10-4-5-11-19(18)26-21/h1-5,7-8,10-13,17H,6,9,14-15H2/b13-12+/t17-/m1/s1. The van der Waals surface area contributed by atoms with Gasteiger partial charge in [-0.05, 0) is 36.6 Å². The number of carbonyl (C=O) groups is 1. The van der Waals surface area contributed by atoms with Crippen molar-refractivity contribution in [2.45, 2.75) is 18.9 Å². The number of rotatable bonds is 5. The molecule has 2 heterocycles. The molecule has 1 aliphatic rings. The summed E-state index contributed by atoms with van der Waals surface area (Å²) in [7, 11) is 0. The van der Waals surface area contributed by atoms with Gasteiger partial charge in [0.2, 0.25) is 0 Å². The van der Waals surface area contributed by atoms with Crippen molar-refractivity contribution in [3.8, 4) is 0 Å². The molecule has 5 heteroatoms. The number of anilines is 1. The Morgan fingerprint density at radius 1 is 1.19 bits per heavy atom. The highest BCUT2D eigenvalue weighted by Gasteiger charge is 2.25. The fraction of sp³-hybridized carbons (Fsp3) is 0.238. The van der Waals surface area contributed by atoms with Crippen molar-refractivity contribution in [1.29, 1.82) is 0 Å². The maximum absolute atomic E-state index is 12.9. The van der Waals surface area contributed by atoms with Gasteiger partial charge in [0.05, 0.1) is 22.9 Å². The zero-order valence-electron chi connectivity index (χ0n) is 14.4. The van der Waals surface area contributed by atoms with Crippen LogP contribution in [0.5, 0.6) is 0 Å². The molecule has 0 radical (unpaired) electrons. The fourth-order valence-electron chi connectivity index (χ4n) is 3.05. The molecule has 2 aromatic carbocycles. The Kier molecular flexibility index (Phi) is 5.09. The number of aromatic nitrogens is 1. The van der Waals surface area contributed by atoms with E-state index in [0.717, 1.165) is 40.4 Å². The number of fused-ring (bicyclic) bond motifs is 1. The first-order valence-corrected chi connectivity index (χ1v) is 9.63. The van der Waals surface area contributed by atoms with Crippen molar-refractivity contribution in [2.24, 2.45) is 0 Å². The molecule has 3 aromatic rings.